The first kappa shape index (κ1) is 17.0. The quantitative estimate of drug-likeness (QED) is 0.761. The Bertz CT molecular complexity index is 420. The molecule has 1 aliphatic rings. The fourth-order valence-electron chi connectivity index (χ4n) is 3.24. The van der Waals surface area contributed by atoms with Gasteiger partial charge in [-0.3, -0.25) is 0 Å². The Morgan fingerprint density at radius 3 is 2.57 bits per heavy atom. The summed E-state index contributed by atoms with van der Waals surface area (Å²) in [5, 5.41) is 0. The molecule has 1 fully saturated rings. The number of halogens is 1. The molecule has 4 unspecified atom stereocenters. The summed E-state index contributed by atoms with van der Waals surface area (Å²) < 4.78 is 7.56. The summed E-state index contributed by atoms with van der Waals surface area (Å²) in [5.41, 5.74) is 7.54. The molecule has 0 aliphatic heterocycles. The average Bonchev–Trinajstić information content (AvgIpc) is 2.53. The molecule has 21 heavy (non-hydrogen) atoms. The molecule has 1 aliphatic carbocycles. The van der Waals surface area contributed by atoms with Gasteiger partial charge in [-0.15, -0.1) is 0 Å². The van der Waals surface area contributed by atoms with E-state index in [1.54, 1.807) is 0 Å². The predicted octanol–water partition coefficient (Wildman–Crippen LogP) is 5.21. The lowest BCUT2D eigenvalue weighted by Gasteiger charge is -2.34. The summed E-state index contributed by atoms with van der Waals surface area (Å²) in [6.45, 7) is 4.42. The van der Waals surface area contributed by atoms with Crippen LogP contribution in [0.1, 0.15) is 64.0 Å². The molecule has 0 heterocycles. The highest BCUT2D eigenvalue weighted by Gasteiger charge is 2.27. The smallest absolute Gasteiger partial charge is 0.0979 e. The molecule has 0 spiro atoms. The standard InChI is InChI=1S/C18H28BrNO/c1-3-13-6-5-7-16(12-13)21-18(17(20)4-2)14-8-10-15(19)11-9-14/h8-11,13,16-18H,3-7,12,20H2,1-2H3. The van der Waals surface area contributed by atoms with Gasteiger partial charge >= 0.3 is 0 Å². The van der Waals surface area contributed by atoms with E-state index in [-0.39, 0.29) is 12.1 Å². The Balaban J connectivity index is 2.07. The van der Waals surface area contributed by atoms with Crippen molar-refractivity contribution in [3.05, 3.63) is 34.3 Å². The molecule has 1 saturated carbocycles. The highest BCUT2D eigenvalue weighted by atomic mass is 79.9. The minimum atomic E-state index is 0.0173. The van der Waals surface area contributed by atoms with Crippen LogP contribution in [-0.4, -0.2) is 12.1 Å². The van der Waals surface area contributed by atoms with Crippen LogP contribution in [0.5, 0.6) is 0 Å². The maximum atomic E-state index is 6.46. The number of hydrogen-bond donors (Lipinski definition) is 1. The molecule has 0 bridgehead atoms. The molecule has 1 aromatic carbocycles. The lowest BCUT2D eigenvalue weighted by Crippen LogP contribution is -2.34. The van der Waals surface area contributed by atoms with Gasteiger partial charge in [-0.25, -0.2) is 0 Å². The highest BCUT2D eigenvalue weighted by molar-refractivity contribution is 9.10. The van der Waals surface area contributed by atoms with Gasteiger partial charge in [-0.05, 0) is 42.9 Å². The third-order valence-electron chi connectivity index (χ3n) is 4.71. The van der Waals surface area contributed by atoms with Crippen LogP contribution in [0.4, 0.5) is 0 Å². The van der Waals surface area contributed by atoms with Crippen molar-refractivity contribution in [2.24, 2.45) is 11.7 Å². The number of ether oxygens (including phenoxy) is 1. The van der Waals surface area contributed by atoms with Crippen molar-refractivity contribution in [1.29, 1.82) is 0 Å². The second kappa shape index (κ2) is 8.30. The van der Waals surface area contributed by atoms with E-state index in [4.69, 9.17) is 10.5 Å². The first-order chi connectivity index (χ1) is 10.1. The molecular formula is C18H28BrNO. The number of nitrogens with two attached hydrogens (primary N) is 1. The zero-order chi connectivity index (χ0) is 15.2. The topological polar surface area (TPSA) is 35.2 Å². The normalized spacial score (nSPS) is 25.5. The minimum absolute atomic E-state index is 0.0173. The Kier molecular flexibility index (Phi) is 6.72. The van der Waals surface area contributed by atoms with Crippen LogP contribution < -0.4 is 5.73 Å². The summed E-state index contributed by atoms with van der Waals surface area (Å²) in [7, 11) is 0. The zero-order valence-electron chi connectivity index (χ0n) is 13.2. The van der Waals surface area contributed by atoms with Gasteiger partial charge in [0.2, 0.25) is 0 Å². The predicted molar refractivity (Wildman–Crippen MR) is 92.3 cm³/mol. The van der Waals surface area contributed by atoms with E-state index in [1.807, 2.05) is 0 Å². The maximum absolute atomic E-state index is 6.46. The zero-order valence-corrected chi connectivity index (χ0v) is 14.8. The van der Waals surface area contributed by atoms with E-state index >= 15 is 0 Å². The molecule has 0 aromatic heterocycles. The van der Waals surface area contributed by atoms with Gasteiger partial charge in [0.05, 0.1) is 12.2 Å². The van der Waals surface area contributed by atoms with Gasteiger partial charge in [0.25, 0.3) is 0 Å². The van der Waals surface area contributed by atoms with Crippen LogP contribution in [0.2, 0.25) is 0 Å². The molecule has 0 amide bonds. The molecule has 4 atom stereocenters. The third kappa shape index (κ3) is 4.80. The molecule has 2 rings (SSSR count). The Labute approximate surface area is 137 Å². The first-order valence-corrected chi connectivity index (χ1v) is 9.09. The summed E-state index contributed by atoms with van der Waals surface area (Å²) in [6, 6.07) is 8.47. The van der Waals surface area contributed by atoms with Crippen LogP contribution in [0.15, 0.2) is 28.7 Å². The molecule has 2 N–H and O–H groups in total. The monoisotopic (exact) mass is 353 g/mol. The SMILES string of the molecule is CCC1CCCC(OC(c2ccc(Br)cc2)C(N)CC)C1. The Morgan fingerprint density at radius 1 is 1.24 bits per heavy atom. The number of hydrogen-bond acceptors (Lipinski definition) is 2. The lowest BCUT2D eigenvalue weighted by atomic mass is 9.85. The third-order valence-corrected chi connectivity index (χ3v) is 5.24. The van der Waals surface area contributed by atoms with E-state index in [0.29, 0.717) is 6.10 Å². The first-order valence-electron chi connectivity index (χ1n) is 8.30. The van der Waals surface area contributed by atoms with Gasteiger partial charge in [-0.1, -0.05) is 61.2 Å². The molecule has 2 nitrogen and oxygen atoms in total. The summed E-state index contributed by atoms with van der Waals surface area (Å²) in [4.78, 5) is 0. The van der Waals surface area contributed by atoms with Crippen molar-refractivity contribution in [2.45, 2.75) is 70.6 Å². The number of rotatable bonds is 6. The van der Waals surface area contributed by atoms with E-state index in [0.717, 1.165) is 16.8 Å². The van der Waals surface area contributed by atoms with Crippen molar-refractivity contribution in [3.8, 4) is 0 Å². The van der Waals surface area contributed by atoms with Crippen LogP contribution in [0, 0.1) is 5.92 Å². The van der Waals surface area contributed by atoms with Gasteiger partial charge in [0, 0.05) is 10.5 Å². The molecule has 3 heteroatoms. The van der Waals surface area contributed by atoms with E-state index in [2.05, 4.69) is 54.0 Å². The van der Waals surface area contributed by atoms with Crippen LogP contribution >= 0.6 is 15.9 Å². The van der Waals surface area contributed by atoms with Crippen molar-refractivity contribution in [1.82, 2.24) is 0 Å². The fourth-order valence-corrected chi connectivity index (χ4v) is 3.50. The van der Waals surface area contributed by atoms with Gasteiger partial charge in [-0.2, -0.15) is 0 Å². The second-order valence-electron chi connectivity index (χ2n) is 6.24. The van der Waals surface area contributed by atoms with Crippen molar-refractivity contribution in [3.63, 3.8) is 0 Å². The van der Waals surface area contributed by atoms with Crippen molar-refractivity contribution < 1.29 is 4.74 Å². The number of benzene rings is 1. The Hall–Kier alpha value is -0.380. The highest BCUT2D eigenvalue weighted by Crippen LogP contribution is 2.33. The molecule has 118 valence electrons. The molecule has 1 aromatic rings. The fraction of sp³-hybridized carbons (Fsp3) is 0.667. The second-order valence-corrected chi connectivity index (χ2v) is 7.16. The maximum Gasteiger partial charge on any atom is 0.0979 e. The van der Waals surface area contributed by atoms with Gasteiger partial charge in [0.15, 0.2) is 0 Å². The summed E-state index contributed by atoms with van der Waals surface area (Å²) >= 11 is 3.49. The summed E-state index contributed by atoms with van der Waals surface area (Å²) in [6.07, 6.45) is 7.61. The van der Waals surface area contributed by atoms with Gasteiger partial charge < -0.3 is 10.5 Å². The molecule has 0 radical (unpaired) electrons. The Morgan fingerprint density at radius 2 is 1.95 bits per heavy atom. The molecular weight excluding hydrogens is 326 g/mol. The van der Waals surface area contributed by atoms with Crippen LogP contribution in [0.25, 0.3) is 0 Å². The molecule has 0 saturated heterocycles. The van der Waals surface area contributed by atoms with Crippen LogP contribution in [0.3, 0.4) is 0 Å². The lowest BCUT2D eigenvalue weighted by molar-refractivity contribution is -0.0536. The average molecular weight is 354 g/mol. The minimum Gasteiger partial charge on any atom is -0.369 e. The summed E-state index contributed by atoms with van der Waals surface area (Å²) in [5.74, 6) is 0.826. The van der Waals surface area contributed by atoms with E-state index in [1.165, 1.54) is 37.7 Å². The largest absolute Gasteiger partial charge is 0.369 e. The van der Waals surface area contributed by atoms with E-state index in [9.17, 15) is 0 Å². The van der Waals surface area contributed by atoms with Crippen molar-refractivity contribution >= 4 is 15.9 Å². The van der Waals surface area contributed by atoms with Crippen molar-refractivity contribution in [2.75, 3.05) is 0 Å². The van der Waals surface area contributed by atoms with E-state index < -0.39 is 0 Å². The van der Waals surface area contributed by atoms with Crippen LogP contribution in [-0.2, 0) is 4.74 Å². The van der Waals surface area contributed by atoms with Gasteiger partial charge in [0.1, 0.15) is 0 Å².